The first-order valence-corrected chi connectivity index (χ1v) is 17.2. The highest BCUT2D eigenvalue weighted by Crippen LogP contribution is 2.55. The Balaban J connectivity index is 1.10. The van der Waals surface area contributed by atoms with Crippen molar-refractivity contribution in [1.82, 2.24) is 0 Å². The highest BCUT2D eigenvalue weighted by Gasteiger charge is 2.38. The number of rotatable bonds is 2. The second kappa shape index (κ2) is 9.55. The Morgan fingerprint density at radius 3 is 1.71 bits per heavy atom. The van der Waals surface area contributed by atoms with Crippen LogP contribution < -0.4 is 0 Å². The lowest BCUT2D eigenvalue weighted by atomic mass is 9.80. The molecule has 0 heterocycles. The Bertz CT molecular complexity index is 2660. The highest BCUT2D eigenvalue weighted by molar-refractivity contribution is 6.14. The molecule has 2 aliphatic carbocycles. The Labute approximate surface area is 282 Å². The number of benzene rings is 8. The van der Waals surface area contributed by atoms with Gasteiger partial charge in [-0.1, -0.05) is 149 Å². The van der Waals surface area contributed by atoms with E-state index in [2.05, 4.69) is 173 Å². The van der Waals surface area contributed by atoms with Crippen molar-refractivity contribution in [2.75, 3.05) is 0 Å². The minimum Gasteiger partial charge on any atom is -0.0619 e. The zero-order valence-electron chi connectivity index (χ0n) is 27.9. The van der Waals surface area contributed by atoms with Crippen molar-refractivity contribution in [3.8, 4) is 44.5 Å². The molecule has 0 atom stereocenters. The molecule has 0 heteroatoms. The normalized spacial score (nSPS) is 15.0. The maximum Gasteiger partial charge on any atom is 0.0159 e. The number of fused-ring (bicyclic) bond motifs is 11. The first-order valence-electron chi connectivity index (χ1n) is 17.2. The van der Waals surface area contributed by atoms with Crippen molar-refractivity contribution in [3.63, 3.8) is 0 Å². The molecule has 228 valence electrons. The van der Waals surface area contributed by atoms with Crippen LogP contribution in [0.15, 0.2) is 146 Å². The molecule has 0 aromatic heterocycles. The fourth-order valence-electron chi connectivity index (χ4n) is 9.06. The second-order valence-corrected chi connectivity index (χ2v) is 14.9. The summed E-state index contributed by atoms with van der Waals surface area (Å²) in [5.74, 6) is 0. The summed E-state index contributed by atoms with van der Waals surface area (Å²) in [5, 5.41) is 7.83. The maximum atomic E-state index is 2.49. The van der Waals surface area contributed by atoms with E-state index >= 15 is 0 Å². The molecule has 0 radical (unpaired) electrons. The van der Waals surface area contributed by atoms with E-state index in [1.807, 2.05) is 0 Å². The third-order valence-corrected chi connectivity index (χ3v) is 11.6. The van der Waals surface area contributed by atoms with Gasteiger partial charge in [-0.2, -0.15) is 0 Å². The first kappa shape index (κ1) is 27.6. The van der Waals surface area contributed by atoms with Crippen LogP contribution in [0.4, 0.5) is 0 Å². The van der Waals surface area contributed by atoms with Gasteiger partial charge in [0.1, 0.15) is 0 Å². The molecule has 0 fully saturated rings. The second-order valence-electron chi connectivity index (χ2n) is 14.9. The molecule has 0 spiro atoms. The van der Waals surface area contributed by atoms with Crippen LogP contribution in [-0.4, -0.2) is 0 Å². The molecule has 8 aromatic carbocycles. The first-order chi connectivity index (χ1) is 23.3. The van der Waals surface area contributed by atoms with Crippen LogP contribution in [0.1, 0.15) is 49.9 Å². The van der Waals surface area contributed by atoms with E-state index in [-0.39, 0.29) is 10.8 Å². The molecule has 10 rings (SSSR count). The van der Waals surface area contributed by atoms with Gasteiger partial charge in [-0.05, 0) is 123 Å². The van der Waals surface area contributed by atoms with E-state index in [4.69, 9.17) is 0 Å². The maximum absolute atomic E-state index is 2.49. The molecule has 8 aromatic rings. The smallest absolute Gasteiger partial charge is 0.0159 e. The Morgan fingerprint density at radius 2 is 0.875 bits per heavy atom. The molecule has 0 nitrogen and oxygen atoms in total. The standard InChI is InChI=1S/C48H36/c1-47(2)41-16-10-9-14-37(41)38-23-21-33(27-43(38)47)31-17-18-32-26-34(20-19-30(32)25-31)40-28-44-46(39-15-8-7-13-36(39)40)45-35-12-6-5-11-29(35)22-24-42(45)48(44,3)4/h5-28H,1-4H3. The van der Waals surface area contributed by atoms with E-state index in [1.165, 1.54) is 99.1 Å². The van der Waals surface area contributed by atoms with Crippen molar-refractivity contribution in [3.05, 3.63) is 168 Å². The molecule has 0 unspecified atom stereocenters. The van der Waals surface area contributed by atoms with Gasteiger partial charge in [0, 0.05) is 10.8 Å². The Kier molecular flexibility index (Phi) is 5.50. The van der Waals surface area contributed by atoms with E-state index < -0.39 is 0 Å². The number of hydrogen-bond acceptors (Lipinski definition) is 0. The van der Waals surface area contributed by atoms with Gasteiger partial charge < -0.3 is 0 Å². The summed E-state index contributed by atoms with van der Waals surface area (Å²) >= 11 is 0. The minimum atomic E-state index is -0.0922. The summed E-state index contributed by atoms with van der Waals surface area (Å²) in [4.78, 5) is 0. The van der Waals surface area contributed by atoms with Crippen LogP contribution in [0.2, 0.25) is 0 Å². The van der Waals surface area contributed by atoms with Crippen LogP contribution in [0.5, 0.6) is 0 Å². The molecule has 48 heavy (non-hydrogen) atoms. The van der Waals surface area contributed by atoms with Crippen LogP contribution in [0, 0.1) is 0 Å². The van der Waals surface area contributed by atoms with Crippen molar-refractivity contribution in [2.24, 2.45) is 0 Å². The van der Waals surface area contributed by atoms with Crippen molar-refractivity contribution in [2.45, 2.75) is 38.5 Å². The molecule has 0 N–H and O–H groups in total. The van der Waals surface area contributed by atoms with E-state index in [0.717, 1.165) is 0 Å². The fraction of sp³-hybridized carbons (Fsp3) is 0.125. The van der Waals surface area contributed by atoms with Gasteiger partial charge in [0.25, 0.3) is 0 Å². The Morgan fingerprint density at radius 1 is 0.312 bits per heavy atom. The summed E-state index contributed by atoms with van der Waals surface area (Å²) in [7, 11) is 0. The molecular formula is C48H36. The molecular weight excluding hydrogens is 577 g/mol. The fourth-order valence-corrected chi connectivity index (χ4v) is 9.06. The minimum absolute atomic E-state index is 0.00461. The SMILES string of the molecule is CC1(C)c2ccccc2-c2ccc(-c3ccc4cc(-c5cc6c(c7ccccc57)-c5c(ccc7ccccc57)C6(C)C)ccc4c3)cc21. The lowest BCUT2D eigenvalue weighted by molar-refractivity contribution is 0.660. The van der Waals surface area contributed by atoms with E-state index in [9.17, 15) is 0 Å². The molecule has 0 saturated heterocycles. The molecule has 0 amide bonds. The van der Waals surface area contributed by atoms with Crippen LogP contribution in [0.25, 0.3) is 76.8 Å². The molecule has 0 bridgehead atoms. The predicted molar refractivity (Wildman–Crippen MR) is 205 cm³/mol. The van der Waals surface area contributed by atoms with Gasteiger partial charge in [-0.25, -0.2) is 0 Å². The van der Waals surface area contributed by atoms with E-state index in [0.29, 0.717) is 0 Å². The van der Waals surface area contributed by atoms with Gasteiger partial charge in [0.15, 0.2) is 0 Å². The lowest BCUT2D eigenvalue weighted by Gasteiger charge is -2.23. The summed E-state index contributed by atoms with van der Waals surface area (Å²) in [6.45, 7) is 9.50. The monoisotopic (exact) mass is 612 g/mol. The van der Waals surface area contributed by atoms with Crippen molar-refractivity contribution >= 4 is 32.3 Å². The molecule has 0 saturated carbocycles. The lowest BCUT2D eigenvalue weighted by Crippen LogP contribution is -2.15. The van der Waals surface area contributed by atoms with Crippen molar-refractivity contribution in [1.29, 1.82) is 0 Å². The van der Waals surface area contributed by atoms with Crippen LogP contribution in [0.3, 0.4) is 0 Å². The summed E-state index contributed by atoms with van der Waals surface area (Å²) in [6, 6.07) is 54.9. The topological polar surface area (TPSA) is 0 Å². The molecule has 0 aliphatic heterocycles. The summed E-state index contributed by atoms with van der Waals surface area (Å²) < 4.78 is 0. The van der Waals surface area contributed by atoms with Crippen LogP contribution in [-0.2, 0) is 10.8 Å². The third kappa shape index (κ3) is 3.66. The Hall–Kier alpha value is -5.46. The van der Waals surface area contributed by atoms with Crippen molar-refractivity contribution < 1.29 is 0 Å². The predicted octanol–water partition coefficient (Wildman–Crippen LogP) is 13.1. The number of hydrogen-bond donors (Lipinski definition) is 0. The van der Waals surface area contributed by atoms with E-state index in [1.54, 1.807) is 0 Å². The largest absolute Gasteiger partial charge is 0.0619 e. The zero-order chi connectivity index (χ0) is 32.4. The van der Waals surface area contributed by atoms with Gasteiger partial charge >= 0.3 is 0 Å². The summed E-state index contributed by atoms with van der Waals surface area (Å²) in [5.41, 5.74) is 16.2. The van der Waals surface area contributed by atoms with Gasteiger partial charge in [-0.3, -0.25) is 0 Å². The summed E-state index contributed by atoms with van der Waals surface area (Å²) in [6.07, 6.45) is 0. The highest BCUT2D eigenvalue weighted by atomic mass is 14.4. The van der Waals surface area contributed by atoms with Gasteiger partial charge in [0.05, 0.1) is 0 Å². The van der Waals surface area contributed by atoms with Gasteiger partial charge in [0.2, 0.25) is 0 Å². The van der Waals surface area contributed by atoms with Gasteiger partial charge in [-0.15, -0.1) is 0 Å². The quantitative estimate of drug-likeness (QED) is 0.182. The van der Waals surface area contributed by atoms with Crippen LogP contribution >= 0.6 is 0 Å². The third-order valence-electron chi connectivity index (χ3n) is 11.6. The molecule has 2 aliphatic rings. The zero-order valence-corrected chi connectivity index (χ0v) is 27.9. The average Bonchev–Trinajstić information content (AvgIpc) is 3.50. The average molecular weight is 613 g/mol.